The number of amides is 1. The molecular weight excluding hydrogens is 259 g/mol. The molecule has 4 nitrogen and oxygen atoms in total. The first kappa shape index (κ1) is 14.1. The van der Waals surface area contributed by atoms with E-state index in [9.17, 15) is 9.18 Å². The van der Waals surface area contributed by atoms with E-state index in [0.717, 1.165) is 11.6 Å². The number of para-hydroxylation sites is 1. The summed E-state index contributed by atoms with van der Waals surface area (Å²) in [7, 11) is 0. The number of halogens is 1. The highest BCUT2D eigenvalue weighted by atomic mass is 19.1. The van der Waals surface area contributed by atoms with Gasteiger partial charge in [-0.05, 0) is 25.1 Å². The minimum atomic E-state index is -0.613. The van der Waals surface area contributed by atoms with E-state index in [1.54, 1.807) is 6.07 Å². The Kier molecular flexibility index (Phi) is 4.79. The van der Waals surface area contributed by atoms with Crippen LogP contribution in [0.5, 0.6) is 0 Å². The van der Waals surface area contributed by atoms with Crippen molar-refractivity contribution in [2.45, 2.75) is 13.5 Å². The molecule has 0 fully saturated rings. The van der Waals surface area contributed by atoms with Gasteiger partial charge in [-0.1, -0.05) is 18.2 Å². The Bertz CT molecular complexity index is 585. The number of nitrogens with one attached hydrogen (secondary N) is 1. The molecule has 2 aromatic rings. The first-order valence-corrected chi connectivity index (χ1v) is 6.29. The summed E-state index contributed by atoms with van der Waals surface area (Å²) in [6.45, 7) is 2.93. The van der Waals surface area contributed by atoms with Gasteiger partial charge in [-0.25, -0.2) is 4.98 Å². The quantitative estimate of drug-likeness (QED) is 0.853. The summed E-state index contributed by atoms with van der Waals surface area (Å²) in [6.07, 6.45) is 1.20. The number of carbonyl (C=O) groups excluding carboxylic acids is 1. The lowest BCUT2D eigenvalue weighted by atomic mass is 10.1. The SMILES string of the molecule is CCOCc1ccccc1NC(=O)c1ccc(F)nc1. The van der Waals surface area contributed by atoms with Crippen molar-refractivity contribution in [1.29, 1.82) is 0 Å². The number of benzene rings is 1. The molecule has 0 spiro atoms. The van der Waals surface area contributed by atoms with Crippen LogP contribution in [0.1, 0.15) is 22.8 Å². The van der Waals surface area contributed by atoms with Gasteiger partial charge in [0.05, 0.1) is 12.2 Å². The Hall–Kier alpha value is -2.27. The third-order valence-corrected chi connectivity index (χ3v) is 2.72. The van der Waals surface area contributed by atoms with Crippen molar-refractivity contribution < 1.29 is 13.9 Å². The minimum absolute atomic E-state index is 0.303. The summed E-state index contributed by atoms with van der Waals surface area (Å²) in [5, 5.41) is 2.77. The van der Waals surface area contributed by atoms with Crippen molar-refractivity contribution in [1.82, 2.24) is 4.98 Å². The number of rotatable bonds is 5. The van der Waals surface area contributed by atoms with Crippen molar-refractivity contribution in [2.24, 2.45) is 0 Å². The van der Waals surface area contributed by atoms with E-state index in [-0.39, 0.29) is 5.91 Å². The van der Waals surface area contributed by atoms with Gasteiger partial charge in [-0.2, -0.15) is 4.39 Å². The van der Waals surface area contributed by atoms with E-state index in [1.165, 1.54) is 12.3 Å². The van der Waals surface area contributed by atoms with Crippen molar-refractivity contribution in [3.63, 3.8) is 0 Å². The van der Waals surface area contributed by atoms with Crippen molar-refractivity contribution >= 4 is 11.6 Å². The normalized spacial score (nSPS) is 10.3. The Morgan fingerprint density at radius 2 is 2.10 bits per heavy atom. The van der Waals surface area contributed by atoms with Crippen LogP contribution in [0.3, 0.4) is 0 Å². The Balaban J connectivity index is 2.13. The van der Waals surface area contributed by atoms with Crippen LogP contribution < -0.4 is 5.32 Å². The number of ether oxygens (including phenoxy) is 1. The van der Waals surface area contributed by atoms with Crippen LogP contribution in [-0.2, 0) is 11.3 Å². The van der Waals surface area contributed by atoms with E-state index in [0.29, 0.717) is 24.5 Å². The third-order valence-electron chi connectivity index (χ3n) is 2.72. The average Bonchev–Trinajstić information content (AvgIpc) is 2.47. The maximum atomic E-state index is 12.7. The first-order chi connectivity index (χ1) is 9.70. The highest BCUT2D eigenvalue weighted by Crippen LogP contribution is 2.17. The summed E-state index contributed by atoms with van der Waals surface area (Å²) >= 11 is 0. The summed E-state index contributed by atoms with van der Waals surface area (Å²) in [6, 6.07) is 9.93. The van der Waals surface area contributed by atoms with E-state index < -0.39 is 5.95 Å². The summed E-state index contributed by atoms with van der Waals surface area (Å²) in [5.41, 5.74) is 1.87. The van der Waals surface area contributed by atoms with Crippen LogP contribution in [-0.4, -0.2) is 17.5 Å². The van der Waals surface area contributed by atoms with Crippen LogP contribution >= 0.6 is 0 Å². The molecule has 5 heteroatoms. The van der Waals surface area contributed by atoms with Crippen LogP contribution in [0, 0.1) is 5.95 Å². The number of nitrogens with zero attached hydrogens (tertiary/aromatic N) is 1. The smallest absolute Gasteiger partial charge is 0.257 e. The fourth-order valence-corrected chi connectivity index (χ4v) is 1.68. The van der Waals surface area contributed by atoms with Crippen molar-refractivity contribution in [3.8, 4) is 0 Å². The van der Waals surface area contributed by atoms with Crippen LogP contribution in [0.2, 0.25) is 0 Å². The number of pyridine rings is 1. The second-order valence-electron chi connectivity index (χ2n) is 4.12. The van der Waals surface area contributed by atoms with Crippen LogP contribution in [0.15, 0.2) is 42.6 Å². The minimum Gasteiger partial charge on any atom is -0.377 e. The number of aromatic nitrogens is 1. The van der Waals surface area contributed by atoms with Gasteiger partial charge in [0.15, 0.2) is 0 Å². The molecule has 2 rings (SSSR count). The van der Waals surface area contributed by atoms with E-state index in [1.807, 2.05) is 25.1 Å². The molecule has 0 unspecified atom stereocenters. The maximum absolute atomic E-state index is 12.7. The molecule has 20 heavy (non-hydrogen) atoms. The number of anilines is 1. The molecule has 0 aliphatic heterocycles. The lowest BCUT2D eigenvalue weighted by Crippen LogP contribution is -2.14. The number of carbonyl (C=O) groups is 1. The monoisotopic (exact) mass is 274 g/mol. The molecule has 0 saturated carbocycles. The Labute approximate surface area is 116 Å². The van der Waals surface area contributed by atoms with E-state index in [2.05, 4.69) is 10.3 Å². The largest absolute Gasteiger partial charge is 0.377 e. The van der Waals surface area contributed by atoms with Gasteiger partial charge in [0, 0.05) is 24.1 Å². The third kappa shape index (κ3) is 3.61. The number of hydrogen-bond acceptors (Lipinski definition) is 3. The molecule has 0 saturated heterocycles. The fourth-order valence-electron chi connectivity index (χ4n) is 1.68. The molecule has 1 N–H and O–H groups in total. The van der Waals surface area contributed by atoms with Crippen molar-refractivity contribution in [3.05, 3.63) is 59.7 Å². The Morgan fingerprint density at radius 3 is 2.80 bits per heavy atom. The van der Waals surface area contributed by atoms with Gasteiger partial charge in [-0.15, -0.1) is 0 Å². The van der Waals surface area contributed by atoms with Crippen LogP contribution in [0.4, 0.5) is 10.1 Å². The average molecular weight is 274 g/mol. The van der Waals surface area contributed by atoms with Gasteiger partial charge in [0.25, 0.3) is 5.91 Å². The zero-order valence-electron chi connectivity index (χ0n) is 11.1. The van der Waals surface area contributed by atoms with Gasteiger partial charge in [0.1, 0.15) is 0 Å². The van der Waals surface area contributed by atoms with Gasteiger partial charge in [-0.3, -0.25) is 4.79 Å². The van der Waals surface area contributed by atoms with Gasteiger partial charge >= 0.3 is 0 Å². The summed E-state index contributed by atoms with van der Waals surface area (Å²) < 4.78 is 18.1. The molecule has 1 aromatic heterocycles. The molecule has 0 radical (unpaired) electrons. The van der Waals surface area contributed by atoms with Crippen LogP contribution in [0.25, 0.3) is 0 Å². The maximum Gasteiger partial charge on any atom is 0.257 e. The lowest BCUT2D eigenvalue weighted by molar-refractivity contribution is 0.102. The molecule has 1 amide bonds. The van der Waals surface area contributed by atoms with E-state index >= 15 is 0 Å². The van der Waals surface area contributed by atoms with E-state index in [4.69, 9.17) is 4.74 Å². The second kappa shape index (κ2) is 6.77. The predicted octanol–water partition coefficient (Wildman–Crippen LogP) is 3.01. The lowest BCUT2D eigenvalue weighted by Gasteiger charge is -2.10. The summed E-state index contributed by atoms with van der Waals surface area (Å²) in [4.78, 5) is 15.5. The fraction of sp³-hybridized carbons (Fsp3) is 0.200. The topological polar surface area (TPSA) is 51.2 Å². The predicted molar refractivity (Wildman–Crippen MR) is 73.9 cm³/mol. The standard InChI is InChI=1S/C15H15FN2O2/c1-2-20-10-12-5-3-4-6-13(12)18-15(19)11-7-8-14(16)17-9-11/h3-9H,2,10H2,1H3,(H,18,19). The number of hydrogen-bond donors (Lipinski definition) is 1. The van der Waals surface area contributed by atoms with Crippen molar-refractivity contribution in [2.75, 3.05) is 11.9 Å². The molecular formula is C15H15FN2O2. The Morgan fingerprint density at radius 1 is 1.30 bits per heavy atom. The summed E-state index contributed by atoms with van der Waals surface area (Å²) in [5.74, 6) is -0.945. The molecule has 0 aliphatic rings. The molecule has 0 atom stereocenters. The zero-order valence-corrected chi connectivity index (χ0v) is 11.1. The molecule has 0 aliphatic carbocycles. The molecule has 1 aromatic carbocycles. The molecule has 1 heterocycles. The van der Waals surface area contributed by atoms with Gasteiger partial charge in [0.2, 0.25) is 5.95 Å². The second-order valence-corrected chi connectivity index (χ2v) is 4.12. The van der Waals surface area contributed by atoms with Gasteiger partial charge < -0.3 is 10.1 Å². The molecule has 0 bridgehead atoms. The highest BCUT2D eigenvalue weighted by molar-refractivity contribution is 6.04. The first-order valence-electron chi connectivity index (χ1n) is 6.29. The highest BCUT2D eigenvalue weighted by Gasteiger charge is 2.09. The zero-order chi connectivity index (χ0) is 14.4. The molecule has 104 valence electrons.